The van der Waals surface area contributed by atoms with E-state index in [9.17, 15) is 14.9 Å². The van der Waals surface area contributed by atoms with E-state index in [1.165, 1.54) is 24.2 Å². The molecule has 17 heavy (non-hydrogen) atoms. The molecular weight excluding hydrogens is 226 g/mol. The molecule has 0 aliphatic heterocycles. The molecule has 0 fully saturated rings. The highest BCUT2D eigenvalue weighted by atomic mass is 16.6. The number of nitrogens with zero attached hydrogens (tertiary/aromatic N) is 3. The van der Waals surface area contributed by atoms with E-state index in [0.29, 0.717) is 6.42 Å². The molecule has 0 bridgehead atoms. The van der Waals surface area contributed by atoms with Crippen LogP contribution in [0.5, 0.6) is 0 Å². The van der Waals surface area contributed by atoms with E-state index in [0.717, 1.165) is 12.8 Å². The summed E-state index contributed by atoms with van der Waals surface area (Å²) in [6, 6.07) is -0.541. The van der Waals surface area contributed by atoms with Gasteiger partial charge in [0.05, 0.1) is 7.11 Å². The number of hydrogen-bond donors (Lipinski definition) is 0. The molecule has 1 heterocycles. The third kappa shape index (κ3) is 3.27. The number of unbranched alkanes of at least 4 members (excludes halogenated alkanes) is 1. The summed E-state index contributed by atoms with van der Waals surface area (Å²) in [4.78, 5) is 25.1. The summed E-state index contributed by atoms with van der Waals surface area (Å²) in [7, 11) is 1.30. The zero-order valence-electron chi connectivity index (χ0n) is 9.83. The maximum atomic E-state index is 11.6. The van der Waals surface area contributed by atoms with E-state index in [1.54, 1.807) is 0 Å². The van der Waals surface area contributed by atoms with Gasteiger partial charge in [-0.3, -0.25) is 4.57 Å². The van der Waals surface area contributed by atoms with Gasteiger partial charge in [-0.15, -0.1) is 0 Å². The Hall–Kier alpha value is -1.92. The minimum atomic E-state index is -0.593. The van der Waals surface area contributed by atoms with Crippen molar-refractivity contribution in [1.29, 1.82) is 0 Å². The predicted octanol–water partition coefficient (Wildman–Crippen LogP) is 1.70. The second-order valence-corrected chi connectivity index (χ2v) is 3.62. The number of aromatic nitrogens is 2. The Morgan fingerprint density at radius 1 is 1.71 bits per heavy atom. The number of ether oxygens (including phenoxy) is 1. The fourth-order valence-corrected chi connectivity index (χ4v) is 1.51. The molecule has 7 nitrogen and oxygen atoms in total. The molecule has 0 saturated carbocycles. The molecule has 0 aromatic carbocycles. The maximum absolute atomic E-state index is 11.6. The third-order valence-corrected chi connectivity index (χ3v) is 2.44. The van der Waals surface area contributed by atoms with Crippen LogP contribution in [0.4, 0.5) is 5.82 Å². The lowest BCUT2D eigenvalue weighted by atomic mass is 10.1. The van der Waals surface area contributed by atoms with Crippen molar-refractivity contribution >= 4 is 11.8 Å². The molecule has 0 aliphatic rings. The Kier molecular flexibility index (Phi) is 4.62. The summed E-state index contributed by atoms with van der Waals surface area (Å²) in [6.45, 7) is 2.00. The van der Waals surface area contributed by atoms with Gasteiger partial charge in [-0.25, -0.2) is 4.79 Å². The molecule has 0 spiro atoms. The third-order valence-electron chi connectivity index (χ3n) is 2.44. The number of imidazole rings is 1. The van der Waals surface area contributed by atoms with Crippen molar-refractivity contribution in [3.8, 4) is 0 Å². The molecule has 0 saturated heterocycles. The SMILES string of the molecule is CCCCC(C(=O)OC)n1cnc([N+](=O)[O-])c1. The normalized spacial score (nSPS) is 12.1. The van der Waals surface area contributed by atoms with Crippen molar-refractivity contribution in [3.05, 3.63) is 22.6 Å². The summed E-state index contributed by atoms with van der Waals surface area (Å²) in [5.41, 5.74) is 0. The fourth-order valence-electron chi connectivity index (χ4n) is 1.51. The largest absolute Gasteiger partial charge is 0.467 e. The van der Waals surface area contributed by atoms with Gasteiger partial charge in [0.25, 0.3) is 0 Å². The molecule has 1 atom stereocenters. The van der Waals surface area contributed by atoms with E-state index in [-0.39, 0.29) is 5.82 Å². The van der Waals surface area contributed by atoms with Crippen LogP contribution in [0.3, 0.4) is 0 Å². The standard InChI is InChI=1S/C10H15N3O4/c1-3-4-5-8(10(14)17-2)12-6-9(11-7-12)13(15)16/h6-8H,3-5H2,1-2H3. The second kappa shape index (κ2) is 5.97. The molecule has 0 radical (unpaired) electrons. The highest BCUT2D eigenvalue weighted by Crippen LogP contribution is 2.19. The van der Waals surface area contributed by atoms with E-state index in [4.69, 9.17) is 0 Å². The lowest BCUT2D eigenvalue weighted by Gasteiger charge is -2.13. The van der Waals surface area contributed by atoms with Crippen LogP contribution < -0.4 is 0 Å². The summed E-state index contributed by atoms with van der Waals surface area (Å²) in [5, 5.41) is 10.5. The van der Waals surface area contributed by atoms with Crippen LogP contribution in [0.2, 0.25) is 0 Å². The molecule has 7 heteroatoms. The molecule has 1 aromatic heterocycles. The molecule has 1 aromatic rings. The number of carbonyl (C=O) groups is 1. The van der Waals surface area contributed by atoms with Gasteiger partial charge in [-0.05, 0) is 16.3 Å². The van der Waals surface area contributed by atoms with Crippen molar-refractivity contribution in [2.45, 2.75) is 32.2 Å². The van der Waals surface area contributed by atoms with E-state index in [2.05, 4.69) is 9.72 Å². The number of hydrogen-bond acceptors (Lipinski definition) is 5. The summed E-state index contributed by atoms with van der Waals surface area (Å²) >= 11 is 0. The first kappa shape index (κ1) is 13.1. The van der Waals surface area contributed by atoms with Gasteiger partial charge in [-0.2, -0.15) is 0 Å². The highest BCUT2D eigenvalue weighted by molar-refractivity contribution is 5.74. The maximum Gasteiger partial charge on any atom is 0.381 e. The van der Waals surface area contributed by atoms with Crippen LogP contribution in [-0.4, -0.2) is 27.6 Å². The van der Waals surface area contributed by atoms with E-state index in [1.807, 2.05) is 6.92 Å². The van der Waals surface area contributed by atoms with Gasteiger partial charge < -0.3 is 14.9 Å². The first-order chi connectivity index (χ1) is 8.10. The second-order valence-electron chi connectivity index (χ2n) is 3.62. The Balaban J connectivity index is 2.87. The smallest absolute Gasteiger partial charge is 0.381 e. The quantitative estimate of drug-likeness (QED) is 0.429. The summed E-state index contributed by atoms with van der Waals surface area (Å²) < 4.78 is 6.11. The zero-order valence-corrected chi connectivity index (χ0v) is 9.83. The Morgan fingerprint density at radius 3 is 2.88 bits per heavy atom. The number of esters is 1. The van der Waals surface area contributed by atoms with Crippen molar-refractivity contribution in [3.63, 3.8) is 0 Å². The average molecular weight is 241 g/mol. The van der Waals surface area contributed by atoms with Gasteiger partial charge in [0, 0.05) is 0 Å². The van der Waals surface area contributed by atoms with Crippen LogP contribution in [0.1, 0.15) is 32.2 Å². The van der Waals surface area contributed by atoms with Crippen LogP contribution in [-0.2, 0) is 9.53 Å². The van der Waals surface area contributed by atoms with Gasteiger partial charge in [0.1, 0.15) is 12.2 Å². The molecule has 0 amide bonds. The van der Waals surface area contributed by atoms with Crippen LogP contribution in [0.15, 0.2) is 12.5 Å². The lowest BCUT2D eigenvalue weighted by molar-refractivity contribution is -0.389. The van der Waals surface area contributed by atoms with Gasteiger partial charge in [0.15, 0.2) is 0 Å². The lowest BCUT2D eigenvalue weighted by Crippen LogP contribution is -2.19. The molecular formula is C10H15N3O4. The van der Waals surface area contributed by atoms with Crippen molar-refractivity contribution < 1.29 is 14.5 Å². The molecule has 1 unspecified atom stereocenters. The first-order valence-corrected chi connectivity index (χ1v) is 5.35. The highest BCUT2D eigenvalue weighted by Gasteiger charge is 2.23. The summed E-state index contributed by atoms with van der Waals surface area (Å²) in [5.74, 6) is -0.679. The fraction of sp³-hybridized carbons (Fsp3) is 0.600. The average Bonchev–Trinajstić information content (AvgIpc) is 2.78. The Bertz CT molecular complexity index is 402. The van der Waals surface area contributed by atoms with Crippen LogP contribution in [0.25, 0.3) is 0 Å². The first-order valence-electron chi connectivity index (χ1n) is 5.35. The van der Waals surface area contributed by atoms with Crippen molar-refractivity contribution in [1.82, 2.24) is 9.55 Å². The number of carbonyl (C=O) groups excluding carboxylic acids is 1. The van der Waals surface area contributed by atoms with Gasteiger partial charge >= 0.3 is 11.8 Å². The minimum absolute atomic E-state index is 0.268. The number of rotatable bonds is 6. The minimum Gasteiger partial charge on any atom is -0.467 e. The monoisotopic (exact) mass is 241 g/mol. The molecule has 94 valence electrons. The number of nitro groups is 1. The topological polar surface area (TPSA) is 87.3 Å². The molecule has 0 aliphatic carbocycles. The van der Waals surface area contributed by atoms with Crippen molar-refractivity contribution in [2.24, 2.45) is 0 Å². The van der Waals surface area contributed by atoms with E-state index >= 15 is 0 Å². The van der Waals surface area contributed by atoms with Crippen LogP contribution in [0, 0.1) is 10.1 Å². The molecule has 0 N–H and O–H groups in total. The van der Waals surface area contributed by atoms with Gasteiger partial charge in [0.2, 0.25) is 6.33 Å². The van der Waals surface area contributed by atoms with Crippen molar-refractivity contribution in [2.75, 3.05) is 7.11 Å². The predicted molar refractivity (Wildman–Crippen MR) is 59.5 cm³/mol. The Morgan fingerprint density at radius 2 is 2.41 bits per heavy atom. The number of methoxy groups -OCH3 is 1. The molecule has 1 rings (SSSR count). The zero-order chi connectivity index (χ0) is 12.8. The van der Waals surface area contributed by atoms with E-state index < -0.39 is 16.9 Å². The van der Waals surface area contributed by atoms with Crippen LogP contribution >= 0.6 is 0 Å². The summed E-state index contributed by atoms with van der Waals surface area (Å²) in [6.07, 6.45) is 4.89. The Labute approximate surface area is 98.6 Å². The van der Waals surface area contributed by atoms with Gasteiger partial charge in [-0.1, -0.05) is 19.8 Å².